The fourth-order valence-corrected chi connectivity index (χ4v) is 1.47. The summed E-state index contributed by atoms with van der Waals surface area (Å²) in [6, 6.07) is 18.0. The van der Waals surface area contributed by atoms with Gasteiger partial charge in [-0.25, -0.2) is 20.9 Å². The Morgan fingerprint density at radius 2 is 1.74 bits per heavy atom. The van der Waals surface area contributed by atoms with Gasteiger partial charge in [0.05, 0.1) is 0 Å². The Labute approximate surface area is 125 Å². The number of aromatic amines is 1. The van der Waals surface area contributed by atoms with Crippen molar-refractivity contribution < 1.29 is 30.5 Å². The molecule has 0 bridgehead atoms. The van der Waals surface area contributed by atoms with Gasteiger partial charge >= 0.3 is 21.7 Å². The maximum Gasteiger partial charge on any atom is 2.00 e. The summed E-state index contributed by atoms with van der Waals surface area (Å²) in [5.41, 5.74) is 0.945. The molecule has 0 saturated carbocycles. The molecule has 4 heteroatoms. The van der Waals surface area contributed by atoms with Crippen molar-refractivity contribution in [3.8, 4) is 11.3 Å². The Kier molecular flexibility index (Phi) is 6.33. The van der Waals surface area contributed by atoms with Crippen LogP contribution >= 0.6 is 0 Å². The second-order valence-electron chi connectivity index (χ2n) is 3.58. The van der Waals surface area contributed by atoms with Crippen molar-refractivity contribution in [1.82, 2.24) is 4.98 Å². The van der Waals surface area contributed by atoms with E-state index in [0.29, 0.717) is 11.3 Å². The SMILES string of the molecule is Fc1[c-]c(F)c(-c2ccc[nH]2)cc1.[Ti+2].c1cc[cH-]c1. The number of halogens is 2. The fraction of sp³-hybridized carbons (Fsp3) is 0. The molecule has 1 heterocycles. The largest absolute Gasteiger partial charge is 2.00 e. The molecule has 0 fully saturated rings. The number of hydrogen-bond acceptors (Lipinski definition) is 0. The maximum atomic E-state index is 13.1. The third kappa shape index (κ3) is 4.54. The molecule has 0 saturated heterocycles. The summed E-state index contributed by atoms with van der Waals surface area (Å²) in [5, 5.41) is 0. The molecular weight excluding hydrogens is 280 g/mol. The summed E-state index contributed by atoms with van der Waals surface area (Å²) in [6.45, 7) is 0. The molecule has 0 aliphatic heterocycles. The van der Waals surface area contributed by atoms with Crippen LogP contribution in [0.15, 0.2) is 60.8 Å². The van der Waals surface area contributed by atoms with Gasteiger partial charge in [0.1, 0.15) is 0 Å². The zero-order valence-electron chi connectivity index (χ0n) is 10.0. The monoisotopic (exact) mass is 291 g/mol. The van der Waals surface area contributed by atoms with Gasteiger partial charge in [-0.05, 0) is 17.8 Å². The molecule has 0 aliphatic rings. The summed E-state index contributed by atoms with van der Waals surface area (Å²) >= 11 is 0. The van der Waals surface area contributed by atoms with E-state index in [9.17, 15) is 8.78 Å². The van der Waals surface area contributed by atoms with Crippen LogP contribution in [-0.2, 0) is 21.7 Å². The number of nitrogens with one attached hydrogen (secondary N) is 1. The van der Waals surface area contributed by atoms with Crippen molar-refractivity contribution in [2.24, 2.45) is 0 Å². The van der Waals surface area contributed by atoms with Gasteiger partial charge in [-0.1, -0.05) is 5.56 Å². The standard InChI is InChI=1S/C10H6F2N.C5H5.Ti/c11-7-3-4-8(9(12)6-7)10-2-1-5-13-10;1-2-4-5-3-1;/h1-5,13H;1-5H;/q2*-1;+2. The second kappa shape index (κ2) is 7.77. The summed E-state index contributed by atoms with van der Waals surface area (Å²) < 4.78 is 25.6. The first kappa shape index (κ1) is 15.5. The van der Waals surface area contributed by atoms with Crippen LogP contribution in [0.2, 0.25) is 0 Å². The van der Waals surface area contributed by atoms with Crippen molar-refractivity contribution >= 4 is 0 Å². The van der Waals surface area contributed by atoms with Crippen LogP contribution in [0.4, 0.5) is 8.78 Å². The van der Waals surface area contributed by atoms with Gasteiger partial charge in [0.15, 0.2) is 0 Å². The smallest absolute Gasteiger partial charge is 0.371 e. The topological polar surface area (TPSA) is 15.8 Å². The van der Waals surface area contributed by atoms with E-state index in [1.165, 1.54) is 12.1 Å². The molecule has 1 aromatic heterocycles. The average Bonchev–Trinajstić information content (AvgIpc) is 3.05. The van der Waals surface area contributed by atoms with E-state index in [2.05, 4.69) is 4.98 Å². The summed E-state index contributed by atoms with van der Waals surface area (Å²) in [5.74, 6) is -1.37. The van der Waals surface area contributed by atoms with Crippen molar-refractivity contribution in [3.05, 3.63) is 78.5 Å². The van der Waals surface area contributed by atoms with E-state index < -0.39 is 11.6 Å². The quantitative estimate of drug-likeness (QED) is 0.512. The zero-order chi connectivity index (χ0) is 12.8. The molecule has 0 aliphatic carbocycles. The minimum Gasteiger partial charge on any atom is -0.371 e. The Bertz CT molecular complexity index is 557. The predicted octanol–water partition coefficient (Wildman–Crippen LogP) is 4.16. The van der Waals surface area contributed by atoms with Gasteiger partial charge in [0.2, 0.25) is 0 Å². The Hall–Kier alpha value is -1.58. The van der Waals surface area contributed by atoms with Crippen molar-refractivity contribution in [2.45, 2.75) is 0 Å². The number of rotatable bonds is 1. The van der Waals surface area contributed by atoms with Crippen molar-refractivity contribution in [2.75, 3.05) is 0 Å². The molecule has 3 rings (SSSR count). The van der Waals surface area contributed by atoms with Crippen LogP contribution in [0, 0.1) is 17.7 Å². The molecule has 0 spiro atoms. The van der Waals surface area contributed by atoms with Crippen LogP contribution in [-0.4, -0.2) is 4.98 Å². The van der Waals surface area contributed by atoms with Gasteiger partial charge in [-0.3, -0.25) is 0 Å². The van der Waals surface area contributed by atoms with E-state index in [4.69, 9.17) is 0 Å². The van der Waals surface area contributed by atoms with E-state index in [1.807, 2.05) is 36.4 Å². The van der Waals surface area contributed by atoms with Crippen LogP contribution in [0.5, 0.6) is 0 Å². The predicted molar refractivity (Wildman–Crippen MR) is 67.0 cm³/mol. The van der Waals surface area contributed by atoms with Gasteiger partial charge in [0.25, 0.3) is 0 Å². The molecule has 1 nitrogen and oxygen atoms in total. The van der Waals surface area contributed by atoms with E-state index >= 15 is 0 Å². The molecule has 0 amide bonds. The Morgan fingerprint density at radius 3 is 2.21 bits per heavy atom. The average molecular weight is 291 g/mol. The minimum atomic E-state index is -0.687. The Morgan fingerprint density at radius 1 is 1.00 bits per heavy atom. The van der Waals surface area contributed by atoms with Crippen LogP contribution in [0.1, 0.15) is 0 Å². The zero-order valence-corrected chi connectivity index (χ0v) is 11.6. The van der Waals surface area contributed by atoms with E-state index in [-0.39, 0.29) is 21.7 Å². The molecule has 0 atom stereocenters. The van der Waals surface area contributed by atoms with E-state index in [1.54, 1.807) is 18.3 Å². The second-order valence-corrected chi connectivity index (χ2v) is 3.58. The third-order valence-corrected chi connectivity index (χ3v) is 2.31. The Balaban J connectivity index is 0.000000256. The van der Waals surface area contributed by atoms with Gasteiger partial charge in [-0.15, -0.1) is 12.1 Å². The normalized spacial score (nSPS) is 9.16. The van der Waals surface area contributed by atoms with Crippen molar-refractivity contribution in [1.29, 1.82) is 0 Å². The first-order valence-corrected chi connectivity index (χ1v) is 5.45. The number of hydrogen-bond donors (Lipinski definition) is 1. The van der Waals surface area contributed by atoms with Gasteiger partial charge < -0.3 is 4.98 Å². The number of benzene rings is 1. The first-order valence-electron chi connectivity index (χ1n) is 5.45. The maximum absolute atomic E-state index is 13.1. The number of H-pyrrole nitrogens is 1. The van der Waals surface area contributed by atoms with Gasteiger partial charge in [-0.2, -0.15) is 24.3 Å². The molecule has 0 unspecified atom stereocenters. The molecule has 1 N–H and O–H groups in total. The molecule has 94 valence electrons. The van der Waals surface area contributed by atoms with Crippen LogP contribution in [0.25, 0.3) is 11.3 Å². The molecule has 3 aromatic rings. The van der Waals surface area contributed by atoms with Crippen molar-refractivity contribution in [3.63, 3.8) is 0 Å². The van der Waals surface area contributed by atoms with E-state index in [0.717, 1.165) is 0 Å². The van der Waals surface area contributed by atoms with Crippen LogP contribution < -0.4 is 0 Å². The first-order chi connectivity index (χ1) is 8.77. The molecule has 0 radical (unpaired) electrons. The summed E-state index contributed by atoms with van der Waals surface area (Å²) in [6.07, 6.45) is 1.68. The van der Waals surface area contributed by atoms with Crippen LogP contribution in [0.3, 0.4) is 0 Å². The third-order valence-electron chi connectivity index (χ3n) is 2.31. The summed E-state index contributed by atoms with van der Waals surface area (Å²) in [7, 11) is 0. The fourth-order valence-electron chi connectivity index (χ4n) is 1.47. The number of aromatic nitrogens is 1. The molecule has 2 aromatic carbocycles. The summed E-state index contributed by atoms with van der Waals surface area (Å²) in [4.78, 5) is 2.83. The molecule has 19 heavy (non-hydrogen) atoms. The minimum absolute atomic E-state index is 0. The molecular formula is C15H11F2NTi. The van der Waals surface area contributed by atoms with Gasteiger partial charge in [0, 0.05) is 17.8 Å².